The van der Waals surface area contributed by atoms with Crippen LogP contribution in [-0.4, -0.2) is 11.6 Å². The molecular formula is C20H27ClO2. The Morgan fingerprint density at radius 3 is 2.65 bits per heavy atom. The van der Waals surface area contributed by atoms with E-state index < -0.39 is 0 Å². The zero-order valence-corrected chi connectivity index (χ0v) is 15.0. The lowest BCUT2D eigenvalue weighted by molar-refractivity contribution is -0.125. The van der Waals surface area contributed by atoms with E-state index in [0.717, 1.165) is 25.7 Å². The summed E-state index contributed by atoms with van der Waals surface area (Å²) in [6.07, 6.45) is 10.5. The average Bonchev–Trinajstić information content (AvgIpc) is 2.84. The maximum atomic E-state index is 12.1. The summed E-state index contributed by atoms with van der Waals surface area (Å²) in [5.41, 5.74) is 4.76. The van der Waals surface area contributed by atoms with Crippen LogP contribution in [-0.2, 0) is 9.59 Å². The Morgan fingerprint density at radius 2 is 1.91 bits per heavy atom. The van der Waals surface area contributed by atoms with Gasteiger partial charge in [0.05, 0.1) is 0 Å². The van der Waals surface area contributed by atoms with Gasteiger partial charge in [-0.25, -0.2) is 0 Å². The number of fused-ring (bicyclic) bond motifs is 4. The van der Waals surface area contributed by atoms with E-state index in [1.165, 1.54) is 30.4 Å². The number of Topliss-reactive ketones (excluding diaryl/α,β-unsaturated/α-hetero) is 1. The molecule has 0 unspecified atom stereocenters. The Hall–Kier alpha value is -0.890. The van der Waals surface area contributed by atoms with Gasteiger partial charge in [-0.15, -0.1) is 12.4 Å². The van der Waals surface area contributed by atoms with E-state index >= 15 is 0 Å². The van der Waals surface area contributed by atoms with Gasteiger partial charge in [0.15, 0.2) is 5.78 Å². The summed E-state index contributed by atoms with van der Waals surface area (Å²) in [5.74, 6) is 2.38. The van der Waals surface area contributed by atoms with Crippen LogP contribution in [0.4, 0.5) is 0 Å². The Bertz CT molecular complexity index is 615. The molecule has 0 aliphatic heterocycles. The molecule has 23 heavy (non-hydrogen) atoms. The van der Waals surface area contributed by atoms with Crippen molar-refractivity contribution in [3.63, 3.8) is 0 Å². The lowest BCUT2D eigenvalue weighted by Crippen LogP contribution is -2.41. The van der Waals surface area contributed by atoms with Gasteiger partial charge in [-0.3, -0.25) is 9.59 Å². The van der Waals surface area contributed by atoms with Crippen molar-refractivity contribution in [1.82, 2.24) is 0 Å². The molecule has 4 atom stereocenters. The summed E-state index contributed by atoms with van der Waals surface area (Å²) in [4.78, 5) is 23.8. The van der Waals surface area contributed by atoms with E-state index in [1.54, 1.807) is 12.5 Å². The highest BCUT2D eigenvalue weighted by Gasteiger charge is 2.54. The number of rotatable bonds is 1. The number of halogens is 1. The van der Waals surface area contributed by atoms with Crippen LogP contribution in [0.5, 0.6) is 0 Å². The second kappa shape index (κ2) is 5.88. The Balaban J connectivity index is 0.00000156. The minimum Gasteiger partial charge on any atom is -0.300 e. The first-order valence-electron chi connectivity index (χ1n) is 8.97. The fourth-order valence-corrected chi connectivity index (χ4v) is 6.20. The molecule has 4 aliphatic rings. The van der Waals surface area contributed by atoms with Gasteiger partial charge in [0.2, 0.25) is 0 Å². The quantitative estimate of drug-likeness (QED) is 0.689. The minimum absolute atomic E-state index is 0. The lowest BCUT2D eigenvalue weighted by atomic mass is 9.55. The molecule has 2 saturated carbocycles. The predicted molar refractivity (Wildman–Crippen MR) is 93.6 cm³/mol. The Morgan fingerprint density at radius 1 is 1.13 bits per heavy atom. The number of hydrogen-bond donors (Lipinski definition) is 0. The number of hydrogen-bond acceptors (Lipinski definition) is 2. The Labute approximate surface area is 145 Å². The van der Waals surface area contributed by atoms with Crippen LogP contribution in [0, 0.1) is 23.2 Å². The summed E-state index contributed by atoms with van der Waals surface area (Å²) < 4.78 is 0. The largest absolute Gasteiger partial charge is 0.300 e. The van der Waals surface area contributed by atoms with E-state index in [0.29, 0.717) is 29.8 Å². The van der Waals surface area contributed by atoms with Gasteiger partial charge in [-0.1, -0.05) is 12.5 Å². The van der Waals surface area contributed by atoms with E-state index in [1.807, 2.05) is 6.08 Å². The molecule has 0 saturated heterocycles. The third kappa shape index (κ3) is 2.45. The van der Waals surface area contributed by atoms with E-state index in [4.69, 9.17) is 0 Å². The maximum Gasteiger partial charge on any atom is 0.156 e. The molecule has 4 aliphatic carbocycles. The van der Waals surface area contributed by atoms with Crippen LogP contribution < -0.4 is 0 Å². The van der Waals surface area contributed by atoms with Gasteiger partial charge in [-0.05, 0) is 86.3 Å². The first-order chi connectivity index (χ1) is 10.5. The van der Waals surface area contributed by atoms with Crippen molar-refractivity contribution in [2.75, 3.05) is 0 Å². The average molecular weight is 335 g/mol. The van der Waals surface area contributed by atoms with Crippen LogP contribution in [0.2, 0.25) is 0 Å². The molecule has 0 aromatic carbocycles. The predicted octanol–water partition coefficient (Wildman–Crippen LogP) is 4.82. The molecule has 126 valence electrons. The normalized spacial score (nSPS) is 39.0. The fraction of sp³-hybridized carbons (Fsp3) is 0.700. The molecule has 2 nitrogen and oxygen atoms in total. The van der Waals surface area contributed by atoms with Crippen LogP contribution in [0.25, 0.3) is 0 Å². The summed E-state index contributed by atoms with van der Waals surface area (Å²) in [6, 6.07) is 0. The molecule has 2 fully saturated rings. The highest BCUT2D eigenvalue weighted by atomic mass is 35.5. The van der Waals surface area contributed by atoms with Gasteiger partial charge in [0.25, 0.3) is 0 Å². The fourth-order valence-electron chi connectivity index (χ4n) is 6.20. The second-order valence-electron chi connectivity index (χ2n) is 8.14. The van der Waals surface area contributed by atoms with Crippen molar-refractivity contribution in [2.24, 2.45) is 23.2 Å². The van der Waals surface area contributed by atoms with Crippen molar-refractivity contribution in [2.45, 2.75) is 65.2 Å². The molecule has 0 aromatic rings. The second-order valence-corrected chi connectivity index (χ2v) is 8.14. The smallest absolute Gasteiger partial charge is 0.156 e. The van der Waals surface area contributed by atoms with Crippen molar-refractivity contribution in [3.8, 4) is 0 Å². The summed E-state index contributed by atoms with van der Waals surface area (Å²) in [5, 5.41) is 0. The van der Waals surface area contributed by atoms with E-state index in [-0.39, 0.29) is 23.7 Å². The molecule has 0 heterocycles. The van der Waals surface area contributed by atoms with Crippen molar-refractivity contribution >= 4 is 24.0 Å². The molecule has 0 bridgehead atoms. The molecule has 4 rings (SSSR count). The van der Waals surface area contributed by atoms with Crippen LogP contribution >= 0.6 is 12.4 Å². The SMILES string of the molecule is CC(=O)[C@H]1CC[C@H]2[C@@H]3CCC4=CC(=O)CCC4=C3CC[C@]12C.Cl. The topological polar surface area (TPSA) is 34.1 Å². The van der Waals surface area contributed by atoms with Gasteiger partial charge >= 0.3 is 0 Å². The molecular weight excluding hydrogens is 308 g/mol. The van der Waals surface area contributed by atoms with Crippen molar-refractivity contribution in [3.05, 3.63) is 22.8 Å². The first kappa shape index (κ1) is 17.0. The lowest BCUT2D eigenvalue weighted by Gasteiger charge is -2.49. The van der Waals surface area contributed by atoms with Gasteiger partial charge in [0.1, 0.15) is 5.78 Å². The standard InChI is InChI=1S/C20H26O2.ClH/c1-12(21)18-7-8-19-17-5-3-13-11-14(22)4-6-15(13)16(17)9-10-20(18,19)2;/h11,17-19H,3-10H2,1-2H3;1H/t17-,18-,19+,20-;/m1./s1. The van der Waals surface area contributed by atoms with Crippen LogP contribution in [0.3, 0.4) is 0 Å². The van der Waals surface area contributed by atoms with Crippen molar-refractivity contribution in [1.29, 1.82) is 0 Å². The maximum absolute atomic E-state index is 12.1. The summed E-state index contributed by atoms with van der Waals surface area (Å²) in [6.45, 7) is 4.18. The Kier molecular flexibility index (Phi) is 4.33. The molecule has 0 spiro atoms. The minimum atomic E-state index is 0. The van der Waals surface area contributed by atoms with Gasteiger partial charge < -0.3 is 0 Å². The van der Waals surface area contributed by atoms with Crippen molar-refractivity contribution < 1.29 is 9.59 Å². The number of carbonyl (C=O) groups is 2. The van der Waals surface area contributed by atoms with Crippen LogP contribution in [0.1, 0.15) is 65.2 Å². The van der Waals surface area contributed by atoms with E-state index in [9.17, 15) is 9.59 Å². The van der Waals surface area contributed by atoms with Gasteiger partial charge in [0, 0.05) is 12.3 Å². The molecule has 0 amide bonds. The number of carbonyl (C=O) groups excluding carboxylic acids is 2. The molecule has 0 radical (unpaired) electrons. The third-order valence-electron chi connectivity index (χ3n) is 7.22. The zero-order valence-electron chi connectivity index (χ0n) is 14.2. The molecule has 0 aromatic heterocycles. The number of allylic oxidation sites excluding steroid dienone is 4. The number of ketones is 2. The van der Waals surface area contributed by atoms with Gasteiger partial charge in [-0.2, -0.15) is 0 Å². The van der Waals surface area contributed by atoms with Crippen LogP contribution in [0.15, 0.2) is 22.8 Å². The third-order valence-corrected chi connectivity index (χ3v) is 7.22. The molecule has 3 heteroatoms. The highest BCUT2D eigenvalue weighted by Crippen LogP contribution is 2.62. The summed E-state index contributed by atoms with van der Waals surface area (Å²) >= 11 is 0. The first-order valence-corrected chi connectivity index (χ1v) is 8.97. The zero-order chi connectivity index (χ0) is 15.5. The monoisotopic (exact) mass is 334 g/mol. The molecule has 0 N–H and O–H groups in total. The highest BCUT2D eigenvalue weighted by molar-refractivity contribution is 5.93. The van der Waals surface area contributed by atoms with E-state index in [2.05, 4.69) is 6.92 Å². The summed E-state index contributed by atoms with van der Waals surface area (Å²) in [7, 11) is 0.